The third kappa shape index (κ3) is 3.41. The van der Waals surface area contributed by atoms with Gasteiger partial charge in [0.15, 0.2) is 17.3 Å². The zero-order chi connectivity index (χ0) is 19.5. The van der Waals surface area contributed by atoms with Gasteiger partial charge in [-0.1, -0.05) is 0 Å². The lowest BCUT2D eigenvalue weighted by Gasteiger charge is -2.44. The van der Waals surface area contributed by atoms with Crippen molar-refractivity contribution < 1.29 is 49.1 Å². The van der Waals surface area contributed by atoms with Crippen LogP contribution in [-0.2, 0) is 28.7 Å². The molecular formula is C14H20O10. The fourth-order valence-corrected chi connectivity index (χ4v) is 2.30. The molecule has 0 aromatic carbocycles. The van der Waals surface area contributed by atoms with Crippen molar-refractivity contribution in [2.75, 3.05) is 6.61 Å². The van der Waals surface area contributed by atoms with Crippen molar-refractivity contribution in [3.05, 3.63) is 0 Å². The monoisotopic (exact) mass is 348 g/mol. The lowest BCUT2D eigenvalue weighted by atomic mass is 9.69. The minimum Gasteiger partial charge on any atom is -0.439 e. The van der Waals surface area contributed by atoms with Gasteiger partial charge in [0, 0.05) is 13.8 Å². The first-order valence-corrected chi connectivity index (χ1v) is 6.77. The van der Waals surface area contributed by atoms with Gasteiger partial charge in [0.1, 0.15) is 12.2 Å². The molecule has 0 saturated carbocycles. The van der Waals surface area contributed by atoms with E-state index in [0.29, 0.717) is 20.8 Å². The minimum atomic E-state index is -3.50. The number of carbonyl (C=O) groups excluding carboxylic acids is 5. The van der Waals surface area contributed by atoms with Gasteiger partial charge in [-0.3, -0.25) is 24.0 Å². The van der Waals surface area contributed by atoms with Crippen LogP contribution in [0.15, 0.2) is 0 Å². The molecule has 4 N–H and O–H groups in total. The van der Waals surface area contributed by atoms with E-state index in [1.807, 2.05) is 0 Å². The lowest BCUT2D eigenvalue weighted by molar-refractivity contribution is -0.226. The Morgan fingerprint density at radius 1 is 0.958 bits per heavy atom. The van der Waals surface area contributed by atoms with Gasteiger partial charge in [0.25, 0.3) is 11.4 Å². The van der Waals surface area contributed by atoms with E-state index in [1.54, 1.807) is 0 Å². The maximum atomic E-state index is 12.3. The Morgan fingerprint density at radius 2 is 1.42 bits per heavy atom. The number of Topliss-reactive ketones (excluding diaryl/α,β-unsaturated/α-hetero) is 4. The van der Waals surface area contributed by atoms with E-state index in [-0.39, 0.29) is 0 Å². The van der Waals surface area contributed by atoms with E-state index in [1.165, 1.54) is 0 Å². The summed E-state index contributed by atoms with van der Waals surface area (Å²) in [7, 11) is 0. The summed E-state index contributed by atoms with van der Waals surface area (Å²) in [5, 5.41) is 39.2. The van der Waals surface area contributed by atoms with Crippen molar-refractivity contribution in [1.82, 2.24) is 0 Å². The summed E-state index contributed by atoms with van der Waals surface area (Å²) in [6.45, 7) is 1.55. The zero-order valence-electron chi connectivity index (χ0n) is 13.6. The summed E-state index contributed by atoms with van der Waals surface area (Å²) in [6.07, 6.45) is -4.81. The first-order chi connectivity index (χ1) is 10.8. The summed E-state index contributed by atoms with van der Waals surface area (Å²) in [6, 6.07) is 0. The summed E-state index contributed by atoms with van der Waals surface area (Å²) >= 11 is 0. The molecule has 10 heteroatoms. The van der Waals surface area contributed by atoms with Crippen molar-refractivity contribution >= 4 is 29.1 Å². The average molecular weight is 348 g/mol. The molecule has 0 radical (unpaired) electrons. The molecule has 0 bridgehead atoms. The van der Waals surface area contributed by atoms with Crippen LogP contribution in [0.1, 0.15) is 27.7 Å². The molecule has 0 amide bonds. The molecule has 136 valence electrons. The van der Waals surface area contributed by atoms with Gasteiger partial charge >= 0.3 is 5.97 Å². The molecule has 0 aromatic rings. The summed E-state index contributed by atoms with van der Waals surface area (Å²) in [5.74, 6) is -7.32. The first-order valence-electron chi connectivity index (χ1n) is 6.77. The molecule has 0 rings (SSSR count). The van der Waals surface area contributed by atoms with E-state index in [9.17, 15) is 39.3 Å². The standard InChI is InChI=1S/C14H20O10/c1-6(16)11(21)14(8(3)18,24-9(4)19)13(23,7(2)17)12(22)10(20)5-15/h10,12,15,20,22-23H,5H2,1-4H3/t10?,12?,13?,14-/m1/s1. The van der Waals surface area contributed by atoms with Crippen LogP contribution in [0.5, 0.6) is 0 Å². The number of ketones is 4. The van der Waals surface area contributed by atoms with Crippen LogP contribution in [-0.4, -0.2) is 79.5 Å². The molecule has 0 aliphatic rings. The molecule has 0 aliphatic carbocycles. The normalized spacial score (nSPS) is 18.5. The fraction of sp³-hybridized carbons (Fsp3) is 0.643. The molecule has 10 nitrogen and oxygen atoms in total. The molecule has 0 spiro atoms. The Bertz CT molecular complexity index is 568. The lowest BCUT2D eigenvalue weighted by Crippen LogP contribution is -2.76. The zero-order valence-corrected chi connectivity index (χ0v) is 13.6. The highest BCUT2D eigenvalue weighted by atomic mass is 16.6. The molecule has 0 aliphatic heterocycles. The Labute approximate surface area is 137 Å². The van der Waals surface area contributed by atoms with Crippen LogP contribution in [0.2, 0.25) is 0 Å². The number of aliphatic hydroxyl groups is 4. The topological polar surface area (TPSA) is 175 Å². The van der Waals surface area contributed by atoms with Crippen molar-refractivity contribution in [3.8, 4) is 0 Å². The number of hydrogen-bond donors (Lipinski definition) is 4. The molecule has 0 heterocycles. The molecular weight excluding hydrogens is 328 g/mol. The summed E-state index contributed by atoms with van der Waals surface area (Å²) < 4.78 is 4.58. The molecule has 0 fully saturated rings. The number of carbonyl (C=O) groups is 5. The van der Waals surface area contributed by atoms with Crippen LogP contribution in [0.3, 0.4) is 0 Å². The highest BCUT2D eigenvalue weighted by Gasteiger charge is 2.70. The van der Waals surface area contributed by atoms with Crippen molar-refractivity contribution in [3.63, 3.8) is 0 Å². The number of hydrogen-bond acceptors (Lipinski definition) is 10. The first kappa shape index (κ1) is 22.0. The maximum absolute atomic E-state index is 12.3. The highest BCUT2D eigenvalue weighted by Crippen LogP contribution is 2.35. The molecule has 0 aromatic heterocycles. The number of esters is 1. The largest absolute Gasteiger partial charge is 0.439 e. The Balaban J connectivity index is 6.88. The average Bonchev–Trinajstić information content (AvgIpc) is 2.48. The van der Waals surface area contributed by atoms with E-state index in [2.05, 4.69) is 4.74 Å². The second-order valence-electron chi connectivity index (χ2n) is 5.23. The van der Waals surface area contributed by atoms with Gasteiger partial charge in [-0.15, -0.1) is 0 Å². The summed E-state index contributed by atoms with van der Waals surface area (Å²) in [4.78, 5) is 59.2. The van der Waals surface area contributed by atoms with Crippen LogP contribution in [0, 0.1) is 0 Å². The molecule has 3 unspecified atom stereocenters. The number of rotatable bonds is 9. The summed E-state index contributed by atoms with van der Waals surface area (Å²) in [5.41, 5.74) is -6.92. The van der Waals surface area contributed by atoms with Crippen molar-refractivity contribution in [2.24, 2.45) is 0 Å². The Morgan fingerprint density at radius 3 is 1.67 bits per heavy atom. The quantitative estimate of drug-likeness (QED) is 0.192. The number of aliphatic hydroxyl groups excluding tert-OH is 3. The third-order valence-electron chi connectivity index (χ3n) is 3.49. The SMILES string of the molecule is CC(=O)O[C@](C(C)=O)(C(=O)C(C)=O)C(O)(C(C)=O)C(O)C(O)CO. The third-order valence-corrected chi connectivity index (χ3v) is 3.49. The van der Waals surface area contributed by atoms with Gasteiger partial charge in [-0.25, -0.2) is 0 Å². The van der Waals surface area contributed by atoms with Gasteiger partial charge in [0.2, 0.25) is 5.60 Å². The van der Waals surface area contributed by atoms with Gasteiger partial charge < -0.3 is 25.2 Å². The molecule has 4 atom stereocenters. The second kappa shape index (κ2) is 7.71. The van der Waals surface area contributed by atoms with E-state index in [4.69, 9.17) is 5.11 Å². The van der Waals surface area contributed by atoms with Crippen LogP contribution < -0.4 is 0 Å². The van der Waals surface area contributed by atoms with Gasteiger partial charge in [-0.2, -0.15) is 0 Å². The predicted molar refractivity (Wildman–Crippen MR) is 75.6 cm³/mol. The van der Waals surface area contributed by atoms with Crippen LogP contribution >= 0.6 is 0 Å². The Kier molecular flexibility index (Phi) is 7.06. The highest BCUT2D eigenvalue weighted by molar-refractivity contribution is 6.45. The second-order valence-corrected chi connectivity index (χ2v) is 5.23. The van der Waals surface area contributed by atoms with E-state index >= 15 is 0 Å². The van der Waals surface area contributed by atoms with Crippen molar-refractivity contribution in [2.45, 2.75) is 51.1 Å². The fourth-order valence-electron chi connectivity index (χ4n) is 2.30. The maximum Gasteiger partial charge on any atom is 0.304 e. The van der Waals surface area contributed by atoms with Gasteiger partial charge in [0.05, 0.1) is 6.61 Å². The van der Waals surface area contributed by atoms with Crippen LogP contribution in [0.4, 0.5) is 0 Å². The van der Waals surface area contributed by atoms with Crippen LogP contribution in [0.25, 0.3) is 0 Å². The van der Waals surface area contributed by atoms with E-state index < -0.39 is 59.1 Å². The molecule has 0 saturated heterocycles. The predicted octanol–water partition coefficient (Wildman–Crippen LogP) is -2.93. The smallest absolute Gasteiger partial charge is 0.304 e. The van der Waals surface area contributed by atoms with E-state index in [0.717, 1.165) is 6.92 Å². The number of ether oxygens (including phenoxy) is 1. The molecule has 24 heavy (non-hydrogen) atoms. The van der Waals surface area contributed by atoms with Crippen molar-refractivity contribution in [1.29, 1.82) is 0 Å². The van der Waals surface area contributed by atoms with Gasteiger partial charge in [-0.05, 0) is 13.8 Å². The minimum absolute atomic E-state index is 0.641. The Hall–Kier alpha value is -2.01.